The van der Waals surface area contributed by atoms with Crippen molar-refractivity contribution in [2.75, 3.05) is 22.4 Å². The molecule has 0 saturated carbocycles. The Kier molecular flexibility index (Phi) is 6.17. The predicted octanol–water partition coefficient (Wildman–Crippen LogP) is 4.29. The van der Waals surface area contributed by atoms with Gasteiger partial charge >= 0.3 is 0 Å². The van der Waals surface area contributed by atoms with E-state index < -0.39 is 15.9 Å². The molecule has 0 bridgehead atoms. The van der Waals surface area contributed by atoms with Gasteiger partial charge in [0.15, 0.2) is 5.13 Å². The van der Waals surface area contributed by atoms with Gasteiger partial charge in [0, 0.05) is 15.4 Å². The van der Waals surface area contributed by atoms with Crippen molar-refractivity contribution < 1.29 is 13.2 Å². The van der Waals surface area contributed by atoms with Crippen LogP contribution >= 0.6 is 27.3 Å². The Morgan fingerprint density at radius 1 is 1.18 bits per heavy atom. The van der Waals surface area contributed by atoms with Crippen LogP contribution in [0.3, 0.4) is 0 Å². The van der Waals surface area contributed by atoms with E-state index in [4.69, 9.17) is 0 Å². The van der Waals surface area contributed by atoms with Gasteiger partial charge in [-0.25, -0.2) is 13.4 Å². The molecule has 0 aliphatic carbocycles. The van der Waals surface area contributed by atoms with Gasteiger partial charge in [0.05, 0.1) is 17.6 Å². The molecule has 1 N–H and O–H groups in total. The molecule has 0 fully saturated rings. The lowest BCUT2D eigenvalue weighted by atomic mass is 10.2. The van der Waals surface area contributed by atoms with Gasteiger partial charge in [-0.2, -0.15) is 0 Å². The zero-order valence-electron chi connectivity index (χ0n) is 15.2. The van der Waals surface area contributed by atoms with E-state index in [1.54, 1.807) is 25.1 Å². The van der Waals surface area contributed by atoms with Gasteiger partial charge in [-0.15, -0.1) is 11.3 Å². The molecule has 0 radical (unpaired) electrons. The van der Waals surface area contributed by atoms with Gasteiger partial charge in [-0.05, 0) is 30.7 Å². The molecule has 0 saturated heterocycles. The highest BCUT2D eigenvalue weighted by molar-refractivity contribution is 9.10. The van der Waals surface area contributed by atoms with Gasteiger partial charge in [0.25, 0.3) is 0 Å². The number of para-hydroxylation sites is 1. The van der Waals surface area contributed by atoms with E-state index in [0.29, 0.717) is 10.8 Å². The summed E-state index contributed by atoms with van der Waals surface area (Å²) >= 11 is 4.68. The van der Waals surface area contributed by atoms with Crippen LogP contribution in [0, 0.1) is 6.92 Å². The van der Waals surface area contributed by atoms with Crippen molar-refractivity contribution in [1.82, 2.24) is 4.98 Å². The lowest BCUT2D eigenvalue weighted by Crippen LogP contribution is -2.37. The Hall–Kier alpha value is -2.23. The van der Waals surface area contributed by atoms with Crippen molar-refractivity contribution in [3.05, 3.63) is 63.9 Å². The van der Waals surface area contributed by atoms with Crippen molar-refractivity contribution >= 4 is 54.0 Å². The lowest BCUT2D eigenvalue weighted by Gasteiger charge is -2.23. The third-order valence-electron chi connectivity index (χ3n) is 3.96. The molecule has 0 unspecified atom stereocenters. The number of nitrogens with one attached hydrogen (secondary N) is 1. The number of amides is 1. The number of hydrogen-bond acceptors (Lipinski definition) is 5. The summed E-state index contributed by atoms with van der Waals surface area (Å²) in [7, 11) is -3.62. The Morgan fingerprint density at radius 2 is 1.86 bits per heavy atom. The van der Waals surface area contributed by atoms with Gasteiger partial charge in [-0.3, -0.25) is 9.10 Å². The largest absolute Gasteiger partial charge is 0.300 e. The first-order valence-electron chi connectivity index (χ1n) is 8.29. The van der Waals surface area contributed by atoms with Crippen LogP contribution in [-0.2, 0) is 14.8 Å². The molecule has 0 aliphatic rings. The van der Waals surface area contributed by atoms with E-state index in [-0.39, 0.29) is 6.54 Å². The SMILES string of the molecule is Cc1ccccc1N(CC(=O)Nc1nc(-c2ccc(Br)cc2)cs1)S(C)(=O)=O. The minimum Gasteiger partial charge on any atom is -0.300 e. The van der Waals surface area contributed by atoms with Gasteiger partial charge in [0.2, 0.25) is 15.9 Å². The Morgan fingerprint density at radius 3 is 2.50 bits per heavy atom. The summed E-state index contributed by atoms with van der Waals surface area (Å²) in [6.45, 7) is 1.48. The molecule has 6 nitrogen and oxygen atoms in total. The maximum atomic E-state index is 12.5. The summed E-state index contributed by atoms with van der Waals surface area (Å²) in [6, 6.07) is 14.7. The second kappa shape index (κ2) is 8.42. The van der Waals surface area contributed by atoms with Crippen molar-refractivity contribution in [1.29, 1.82) is 0 Å². The van der Waals surface area contributed by atoms with Crippen LogP contribution in [0.15, 0.2) is 58.4 Å². The quantitative estimate of drug-likeness (QED) is 0.571. The monoisotopic (exact) mass is 479 g/mol. The number of carbonyl (C=O) groups excluding carboxylic acids is 1. The second-order valence-corrected chi connectivity index (χ2v) is 9.83. The van der Waals surface area contributed by atoms with Gasteiger partial charge < -0.3 is 5.32 Å². The highest BCUT2D eigenvalue weighted by atomic mass is 79.9. The smallest absolute Gasteiger partial charge is 0.246 e. The van der Waals surface area contributed by atoms with Crippen molar-refractivity contribution in [2.45, 2.75) is 6.92 Å². The van der Waals surface area contributed by atoms with Crippen LogP contribution in [0.5, 0.6) is 0 Å². The van der Waals surface area contributed by atoms with Crippen LogP contribution in [0.25, 0.3) is 11.3 Å². The molecule has 0 atom stereocenters. The number of anilines is 2. The number of aromatic nitrogens is 1. The molecule has 3 aromatic rings. The number of benzene rings is 2. The third kappa shape index (κ3) is 4.98. The van der Waals surface area contributed by atoms with E-state index in [1.165, 1.54) is 11.3 Å². The number of nitrogens with zero attached hydrogens (tertiary/aromatic N) is 2. The van der Waals surface area contributed by atoms with E-state index in [0.717, 1.165) is 31.9 Å². The molecule has 1 heterocycles. The fourth-order valence-corrected chi connectivity index (χ4v) is 4.51. The first-order chi connectivity index (χ1) is 13.2. The Bertz CT molecular complexity index is 1100. The number of sulfonamides is 1. The number of rotatable bonds is 6. The van der Waals surface area contributed by atoms with Crippen LogP contribution in [-0.4, -0.2) is 32.1 Å². The summed E-state index contributed by atoms with van der Waals surface area (Å²) in [4.78, 5) is 16.9. The number of halogens is 1. The highest BCUT2D eigenvalue weighted by Gasteiger charge is 2.22. The molecule has 0 spiro atoms. The lowest BCUT2D eigenvalue weighted by molar-refractivity contribution is -0.114. The number of thiazole rings is 1. The van der Waals surface area contributed by atoms with Crippen LogP contribution in [0.1, 0.15) is 5.56 Å². The molecule has 3 rings (SSSR count). The third-order valence-corrected chi connectivity index (χ3v) is 6.38. The minimum atomic E-state index is -3.62. The average molecular weight is 480 g/mol. The topological polar surface area (TPSA) is 79.4 Å². The van der Waals surface area contributed by atoms with E-state index in [2.05, 4.69) is 26.2 Å². The van der Waals surface area contributed by atoms with E-state index in [1.807, 2.05) is 35.7 Å². The summed E-state index contributed by atoms with van der Waals surface area (Å²) in [5, 5.41) is 4.95. The number of carbonyl (C=O) groups is 1. The zero-order valence-corrected chi connectivity index (χ0v) is 18.4. The predicted molar refractivity (Wildman–Crippen MR) is 117 cm³/mol. The Balaban J connectivity index is 1.75. The minimum absolute atomic E-state index is 0.323. The highest BCUT2D eigenvalue weighted by Crippen LogP contribution is 2.26. The van der Waals surface area contributed by atoms with Crippen LogP contribution in [0.2, 0.25) is 0 Å². The number of aryl methyl sites for hydroxylation is 1. The first-order valence-corrected chi connectivity index (χ1v) is 11.8. The fourth-order valence-electron chi connectivity index (χ4n) is 2.60. The second-order valence-electron chi connectivity index (χ2n) is 6.15. The normalized spacial score (nSPS) is 11.2. The van der Waals surface area contributed by atoms with Gasteiger partial charge in [-0.1, -0.05) is 46.3 Å². The summed E-state index contributed by atoms with van der Waals surface area (Å²) < 4.78 is 26.5. The van der Waals surface area contributed by atoms with E-state index >= 15 is 0 Å². The van der Waals surface area contributed by atoms with Crippen molar-refractivity contribution in [3.8, 4) is 11.3 Å². The maximum absolute atomic E-state index is 12.5. The van der Waals surface area contributed by atoms with Gasteiger partial charge in [0.1, 0.15) is 6.54 Å². The van der Waals surface area contributed by atoms with Crippen LogP contribution in [0.4, 0.5) is 10.8 Å². The van der Waals surface area contributed by atoms with Crippen LogP contribution < -0.4 is 9.62 Å². The molecule has 28 heavy (non-hydrogen) atoms. The maximum Gasteiger partial charge on any atom is 0.246 e. The van der Waals surface area contributed by atoms with Crippen molar-refractivity contribution in [3.63, 3.8) is 0 Å². The molecule has 2 aromatic carbocycles. The summed E-state index contributed by atoms with van der Waals surface area (Å²) in [6.07, 6.45) is 1.09. The fraction of sp³-hybridized carbons (Fsp3) is 0.158. The molecule has 0 aliphatic heterocycles. The Labute approximate surface area is 176 Å². The summed E-state index contributed by atoms with van der Waals surface area (Å²) in [5.41, 5.74) is 2.92. The molecular formula is C19H18BrN3O3S2. The molecule has 1 amide bonds. The standard InChI is InChI=1S/C19H18BrN3O3S2/c1-13-5-3-4-6-17(13)23(28(2,25)26)11-18(24)22-19-21-16(12-27-19)14-7-9-15(20)10-8-14/h3-10,12H,11H2,1-2H3,(H,21,22,24). The zero-order chi connectivity index (χ0) is 20.3. The molecular weight excluding hydrogens is 462 g/mol. The first kappa shape index (κ1) is 20.5. The average Bonchev–Trinajstić information content (AvgIpc) is 3.08. The number of hydrogen-bond donors (Lipinski definition) is 1. The molecule has 146 valence electrons. The molecule has 1 aromatic heterocycles. The summed E-state index contributed by atoms with van der Waals surface area (Å²) in [5.74, 6) is -0.453. The van der Waals surface area contributed by atoms with E-state index in [9.17, 15) is 13.2 Å². The molecule has 9 heteroatoms. The van der Waals surface area contributed by atoms with Crippen molar-refractivity contribution in [2.24, 2.45) is 0 Å².